The van der Waals surface area contributed by atoms with Crippen molar-refractivity contribution >= 4 is 38.5 Å². The zero-order chi connectivity index (χ0) is 28.8. The highest BCUT2D eigenvalue weighted by molar-refractivity contribution is 9.10. The van der Waals surface area contributed by atoms with E-state index in [2.05, 4.69) is 65.2 Å². The van der Waals surface area contributed by atoms with Crippen LogP contribution in [0.3, 0.4) is 0 Å². The maximum atomic E-state index is 11.7. The third-order valence-corrected chi connectivity index (χ3v) is 8.22. The van der Waals surface area contributed by atoms with Gasteiger partial charge in [0, 0.05) is 48.0 Å². The highest BCUT2D eigenvalue weighted by Crippen LogP contribution is 2.46. The Kier molecular flexibility index (Phi) is 8.19. The molecule has 0 N–H and O–H groups in total. The molecule has 5 rings (SSSR count). The van der Waals surface area contributed by atoms with Crippen LogP contribution in [0.15, 0.2) is 28.9 Å². The number of aromatic nitrogens is 2. The lowest BCUT2D eigenvalue weighted by molar-refractivity contribution is -0.143. The number of hydrogen-bond donors (Lipinski definition) is 0. The van der Waals surface area contributed by atoms with Gasteiger partial charge in [-0.2, -0.15) is 0 Å². The largest absolute Gasteiger partial charge is 0.489 e. The van der Waals surface area contributed by atoms with Crippen molar-refractivity contribution in [2.75, 3.05) is 38.3 Å². The molecule has 40 heavy (non-hydrogen) atoms. The first kappa shape index (κ1) is 28.9. The molecule has 2 aromatic heterocycles. The second kappa shape index (κ2) is 11.3. The first-order valence-corrected chi connectivity index (χ1v) is 14.8. The third-order valence-electron chi connectivity index (χ3n) is 7.77. The first-order chi connectivity index (χ1) is 19.0. The zero-order valence-electron chi connectivity index (χ0n) is 24.5. The molecule has 1 fully saturated rings. The summed E-state index contributed by atoms with van der Waals surface area (Å²) in [6, 6.07) is 6.49. The van der Waals surface area contributed by atoms with Gasteiger partial charge in [-0.1, -0.05) is 29.8 Å². The summed E-state index contributed by atoms with van der Waals surface area (Å²) in [5.74, 6) is 0.594. The normalized spacial score (nSPS) is 19.9. The molecule has 2 aliphatic rings. The SMILES string of the molecule is CO[C@@H](C)c1ncc(N2C[C@@H](C)O[C@@H](C)C2)cc1-c1c(CC(C)(C)COC(C)=O)c2cc(Br)cc3c2n1CCO3. The summed E-state index contributed by atoms with van der Waals surface area (Å²) in [6.45, 7) is 15.3. The molecule has 216 valence electrons. The number of carbonyl (C=O) groups excluding carboxylic acids is 1. The number of methoxy groups -OCH3 is 1. The van der Waals surface area contributed by atoms with Crippen molar-refractivity contribution in [2.45, 2.75) is 72.8 Å². The van der Waals surface area contributed by atoms with Crippen LogP contribution in [-0.4, -0.2) is 61.1 Å². The number of esters is 1. The van der Waals surface area contributed by atoms with Gasteiger partial charge in [0.1, 0.15) is 12.4 Å². The first-order valence-electron chi connectivity index (χ1n) is 14.0. The summed E-state index contributed by atoms with van der Waals surface area (Å²) >= 11 is 3.72. The lowest BCUT2D eigenvalue weighted by atomic mass is 9.84. The van der Waals surface area contributed by atoms with Gasteiger partial charge < -0.3 is 28.4 Å². The molecule has 9 heteroatoms. The average molecular weight is 615 g/mol. The van der Waals surface area contributed by atoms with Gasteiger partial charge in [0.2, 0.25) is 0 Å². The second-order valence-corrected chi connectivity index (χ2v) is 12.8. The second-order valence-electron chi connectivity index (χ2n) is 11.9. The molecule has 2 aliphatic heterocycles. The number of hydrogen-bond acceptors (Lipinski definition) is 7. The molecule has 0 saturated carbocycles. The molecule has 0 spiro atoms. The smallest absolute Gasteiger partial charge is 0.302 e. The number of anilines is 1. The van der Waals surface area contributed by atoms with E-state index in [0.717, 1.165) is 63.4 Å². The van der Waals surface area contributed by atoms with Gasteiger partial charge >= 0.3 is 5.97 Å². The van der Waals surface area contributed by atoms with Crippen LogP contribution < -0.4 is 9.64 Å². The van der Waals surface area contributed by atoms with Crippen LogP contribution in [0, 0.1) is 5.41 Å². The van der Waals surface area contributed by atoms with Gasteiger partial charge in [-0.3, -0.25) is 9.78 Å². The lowest BCUT2D eigenvalue weighted by Crippen LogP contribution is -2.45. The summed E-state index contributed by atoms with van der Waals surface area (Å²) in [6.07, 6.45) is 2.73. The summed E-state index contributed by atoms with van der Waals surface area (Å²) in [5.41, 5.74) is 6.11. The van der Waals surface area contributed by atoms with Crippen molar-refractivity contribution in [3.63, 3.8) is 0 Å². The minimum atomic E-state index is -0.302. The molecule has 0 aliphatic carbocycles. The monoisotopic (exact) mass is 613 g/mol. The highest BCUT2D eigenvalue weighted by Gasteiger charge is 2.32. The minimum Gasteiger partial charge on any atom is -0.489 e. The maximum absolute atomic E-state index is 11.7. The molecular formula is C31H40BrN3O5. The number of carbonyl (C=O) groups is 1. The van der Waals surface area contributed by atoms with E-state index in [4.69, 9.17) is 23.9 Å². The van der Waals surface area contributed by atoms with Gasteiger partial charge in [0.15, 0.2) is 0 Å². The number of morpholine rings is 1. The van der Waals surface area contributed by atoms with Crippen LogP contribution in [0.25, 0.3) is 22.2 Å². The highest BCUT2D eigenvalue weighted by atomic mass is 79.9. The quantitative estimate of drug-likeness (QED) is 0.275. The Bertz CT molecular complexity index is 1410. The molecule has 8 nitrogen and oxygen atoms in total. The predicted molar refractivity (Wildman–Crippen MR) is 160 cm³/mol. The molecule has 0 bridgehead atoms. The molecule has 0 radical (unpaired) electrons. The molecule has 3 aromatic rings. The molecule has 0 unspecified atom stereocenters. The lowest BCUT2D eigenvalue weighted by Gasteiger charge is -2.37. The fraction of sp³-hybridized carbons (Fsp3) is 0.548. The van der Waals surface area contributed by atoms with E-state index in [1.165, 1.54) is 12.5 Å². The summed E-state index contributed by atoms with van der Waals surface area (Å²) in [5, 5.41) is 1.13. The molecule has 3 atom stereocenters. The Balaban J connectivity index is 1.75. The van der Waals surface area contributed by atoms with E-state index in [1.54, 1.807) is 7.11 Å². The van der Waals surface area contributed by atoms with Crippen molar-refractivity contribution in [2.24, 2.45) is 5.41 Å². The third kappa shape index (κ3) is 5.74. The van der Waals surface area contributed by atoms with Gasteiger partial charge in [-0.05, 0) is 51.0 Å². The number of ether oxygens (including phenoxy) is 4. The Hall–Kier alpha value is -2.62. The Labute approximate surface area is 245 Å². The standard InChI is InChI=1S/C31H40BrN3O5/c1-18-15-34(16-19(2)40-18)23-12-25(28(33-14-23)20(3)37-7)29-26(13-31(5,6)17-39-21(4)36)24-10-22(32)11-27-30(24)35(29)8-9-38-27/h10-12,14,18-20H,8-9,13,15-17H2,1-7H3/t18-,19+,20-/m0/s1. The van der Waals surface area contributed by atoms with Crippen LogP contribution in [0.2, 0.25) is 0 Å². The topological polar surface area (TPSA) is 75.1 Å². The number of nitrogens with zero attached hydrogens (tertiary/aromatic N) is 3. The average Bonchev–Trinajstić information content (AvgIpc) is 3.19. The van der Waals surface area contributed by atoms with E-state index in [9.17, 15) is 4.79 Å². The molecule has 1 saturated heterocycles. The van der Waals surface area contributed by atoms with Crippen LogP contribution in [0.4, 0.5) is 5.69 Å². The number of pyridine rings is 1. The van der Waals surface area contributed by atoms with E-state index in [0.29, 0.717) is 19.6 Å². The molecule has 4 heterocycles. The van der Waals surface area contributed by atoms with Crippen molar-refractivity contribution in [1.29, 1.82) is 0 Å². The van der Waals surface area contributed by atoms with Crippen molar-refractivity contribution in [1.82, 2.24) is 9.55 Å². The van der Waals surface area contributed by atoms with E-state index < -0.39 is 0 Å². The van der Waals surface area contributed by atoms with E-state index >= 15 is 0 Å². The maximum Gasteiger partial charge on any atom is 0.302 e. The van der Waals surface area contributed by atoms with Crippen molar-refractivity contribution < 1.29 is 23.7 Å². The molecule has 0 amide bonds. The van der Waals surface area contributed by atoms with Crippen LogP contribution in [0.1, 0.15) is 58.9 Å². The van der Waals surface area contributed by atoms with Crippen LogP contribution in [-0.2, 0) is 32.0 Å². The van der Waals surface area contributed by atoms with Crippen molar-refractivity contribution in [3.05, 3.63) is 40.1 Å². The summed E-state index contributed by atoms with van der Waals surface area (Å²) in [7, 11) is 1.72. The summed E-state index contributed by atoms with van der Waals surface area (Å²) in [4.78, 5) is 19.1. The number of benzene rings is 1. The van der Waals surface area contributed by atoms with E-state index in [-0.39, 0.29) is 29.7 Å². The zero-order valence-corrected chi connectivity index (χ0v) is 26.1. The van der Waals surface area contributed by atoms with Gasteiger partial charge in [-0.25, -0.2) is 0 Å². The Morgan fingerprint density at radius 3 is 2.62 bits per heavy atom. The predicted octanol–water partition coefficient (Wildman–Crippen LogP) is 6.31. The number of halogens is 1. The number of rotatable bonds is 8. The van der Waals surface area contributed by atoms with Gasteiger partial charge in [0.25, 0.3) is 0 Å². The Morgan fingerprint density at radius 1 is 1.23 bits per heavy atom. The van der Waals surface area contributed by atoms with Gasteiger partial charge in [-0.15, -0.1) is 0 Å². The fourth-order valence-electron chi connectivity index (χ4n) is 6.03. The van der Waals surface area contributed by atoms with Gasteiger partial charge in [0.05, 0.1) is 60.3 Å². The molecular weight excluding hydrogens is 574 g/mol. The molecule has 1 aromatic carbocycles. The minimum absolute atomic E-state index is 0.136. The van der Waals surface area contributed by atoms with Crippen LogP contribution >= 0.6 is 15.9 Å². The van der Waals surface area contributed by atoms with Crippen LogP contribution in [0.5, 0.6) is 5.75 Å². The van der Waals surface area contributed by atoms with Crippen molar-refractivity contribution in [3.8, 4) is 17.0 Å². The Morgan fingerprint density at radius 2 is 1.95 bits per heavy atom. The summed E-state index contributed by atoms with van der Waals surface area (Å²) < 4.78 is 26.8. The van der Waals surface area contributed by atoms with E-state index in [1.807, 2.05) is 19.2 Å². The fourth-order valence-corrected chi connectivity index (χ4v) is 6.47.